The van der Waals surface area contributed by atoms with Crippen molar-refractivity contribution >= 4 is 58.0 Å². The molecule has 0 N–H and O–H groups in total. The van der Waals surface area contributed by atoms with E-state index in [9.17, 15) is 9.59 Å². The first kappa shape index (κ1) is 14.4. The molecule has 0 radical (unpaired) electrons. The van der Waals surface area contributed by atoms with E-state index < -0.39 is 18.0 Å². The first-order valence-electron chi connectivity index (χ1n) is 3.80. The standard InChI is InChI=1S/C7H10I2O5/c1-4(2)12-5(7(11)14-9)3-6(10)13-8/h4-5H,3H2,1-2H3. The fourth-order valence-electron chi connectivity index (χ4n) is 0.748. The number of carbonyl (C=O) groups is 2. The SMILES string of the molecule is CC(C)OC(CC(=O)OI)C(=O)OI. The van der Waals surface area contributed by atoms with Crippen molar-refractivity contribution in [2.24, 2.45) is 0 Å². The summed E-state index contributed by atoms with van der Waals surface area (Å²) in [5, 5.41) is 0. The summed E-state index contributed by atoms with van der Waals surface area (Å²) in [6.07, 6.45) is -1.19. The van der Waals surface area contributed by atoms with Crippen molar-refractivity contribution in [1.29, 1.82) is 0 Å². The highest BCUT2D eigenvalue weighted by molar-refractivity contribution is 14.1. The van der Waals surface area contributed by atoms with Gasteiger partial charge >= 0.3 is 11.9 Å². The monoisotopic (exact) mass is 428 g/mol. The Morgan fingerprint density at radius 2 is 1.79 bits per heavy atom. The Hall–Kier alpha value is 0.360. The van der Waals surface area contributed by atoms with Crippen molar-refractivity contribution in [2.45, 2.75) is 32.5 Å². The zero-order valence-corrected chi connectivity index (χ0v) is 12.0. The lowest BCUT2D eigenvalue weighted by Gasteiger charge is -2.15. The molecule has 0 rings (SSSR count). The Morgan fingerprint density at radius 1 is 1.21 bits per heavy atom. The molecule has 0 spiro atoms. The summed E-state index contributed by atoms with van der Waals surface area (Å²) in [6, 6.07) is 0. The minimum atomic E-state index is -0.894. The Bertz CT molecular complexity index is 206. The van der Waals surface area contributed by atoms with Gasteiger partial charge in [0.2, 0.25) is 0 Å². The van der Waals surface area contributed by atoms with Gasteiger partial charge in [-0.15, -0.1) is 0 Å². The van der Waals surface area contributed by atoms with Gasteiger partial charge in [0, 0.05) is 0 Å². The fraction of sp³-hybridized carbons (Fsp3) is 0.714. The van der Waals surface area contributed by atoms with E-state index in [4.69, 9.17) is 4.74 Å². The minimum absolute atomic E-state index is 0.136. The largest absolute Gasteiger partial charge is 0.394 e. The average molecular weight is 428 g/mol. The van der Waals surface area contributed by atoms with Crippen LogP contribution in [-0.2, 0) is 20.5 Å². The topological polar surface area (TPSA) is 61.8 Å². The van der Waals surface area contributed by atoms with E-state index in [0.29, 0.717) is 0 Å². The molecule has 1 atom stereocenters. The quantitative estimate of drug-likeness (QED) is 0.627. The van der Waals surface area contributed by atoms with Crippen molar-refractivity contribution in [3.63, 3.8) is 0 Å². The van der Waals surface area contributed by atoms with Crippen LogP contribution in [-0.4, -0.2) is 24.1 Å². The first-order valence-corrected chi connectivity index (χ1v) is 5.56. The molecule has 0 aliphatic rings. The van der Waals surface area contributed by atoms with E-state index in [0.717, 1.165) is 0 Å². The van der Waals surface area contributed by atoms with Gasteiger partial charge in [-0.3, -0.25) is 4.79 Å². The number of carbonyl (C=O) groups excluding carboxylic acids is 2. The highest BCUT2D eigenvalue weighted by Crippen LogP contribution is 2.09. The molecule has 14 heavy (non-hydrogen) atoms. The molecule has 0 aliphatic heterocycles. The maximum absolute atomic E-state index is 11.1. The molecule has 7 heteroatoms. The van der Waals surface area contributed by atoms with E-state index in [1.807, 2.05) is 0 Å². The van der Waals surface area contributed by atoms with E-state index in [1.54, 1.807) is 13.8 Å². The summed E-state index contributed by atoms with van der Waals surface area (Å²) in [7, 11) is 0. The van der Waals surface area contributed by atoms with Gasteiger partial charge in [-0.05, 0) is 13.8 Å². The third-order valence-corrected chi connectivity index (χ3v) is 2.14. The van der Waals surface area contributed by atoms with Gasteiger partial charge in [0.1, 0.15) is 0 Å². The number of ether oxygens (including phenoxy) is 1. The maximum Gasteiger partial charge on any atom is 0.345 e. The van der Waals surface area contributed by atoms with E-state index >= 15 is 0 Å². The fourth-order valence-corrected chi connectivity index (χ4v) is 1.21. The van der Waals surface area contributed by atoms with Crippen LogP contribution in [0.2, 0.25) is 0 Å². The number of hydrogen-bond acceptors (Lipinski definition) is 5. The lowest BCUT2D eigenvalue weighted by Crippen LogP contribution is -2.30. The van der Waals surface area contributed by atoms with Gasteiger partial charge in [-0.25, -0.2) is 4.79 Å². The van der Waals surface area contributed by atoms with E-state index in [2.05, 4.69) is 6.13 Å². The molecule has 0 aromatic rings. The summed E-state index contributed by atoms with van der Waals surface area (Å²) >= 11 is 2.91. The third-order valence-electron chi connectivity index (χ3n) is 1.21. The first-order chi connectivity index (χ1) is 6.51. The second-order valence-corrected chi connectivity index (χ2v) is 3.60. The van der Waals surface area contributed by atoms with Crippen LogP contribution in [0, 0.1) is 0 Å². The van der Waals surface area contributed by atoms with Gasteiger partial charge < -0.3 is 10.9 Å². The van der Waals surface area contributed by atoms with E-state index in [1.165, 1.54) is 46.0 Å². The van der Waals surface area contributed by atoms with Crippen LogP contribution >= 0.6 is 46.0 Å². The Morgan fingerprint density at radius 3 is 2.14 bits per heavy atom. The Labute approximate surface area is 110 Å². The number of halogens is 2. The zero-order chi connectivity index (χ0) is 11.1. The predicted octanol–water partition coefficient (Wildman–Crippen LogP) is 1.96. The van der Waals surface area contributed by atoms with Crippen molar-refractivity contribution in [1.82, 2.24) is 0 Å². The lowest BCUT2D eigenvalue weighted by molar-refractivity contribution is -0.153. The number of rotatable bonds is 5. The van der Waals surface area contributed by atoms with Crippen molar-refractivity contribution in [3.8, 4) is 0 Å². The predicted molar refractivity (Wildman–Crippen MR) is 64.9 cm³/mol. The molecular weight excluding hydrogens is 418 g/mol. The average Bonchev–Trinajstić information content (AvgIpc) is 2.14. The van der Waals surface area contributed by atoms with Crippen LogP contribution in [0.1, 0.15) is 20.3 Å². The van der Waals surface area contributed by atoms with Gasteiger partial charge in [0.25, 0.3) is 0 Å². The van der Waals surface area contributed by atoms with Crippen molar-refractivity contribution < 1.29 is 20.5 Å². The van der Waals surface area contributed by atoms with Gasteiger partial charge in [0.05, 0.1) is 12.5 Å². The molecular formula is C7H10I2O5. The third kappa shape index (κ3) is 5.96. The summed E-state index contributed by atoms with van der Waals surface area (Å²) < 4.78 is 14.0. The second-order valence-electron chi connectivity index (χ2n) is 2.72. The molecule has 5 nitrogen and oxygen atoms in total. The molecule has 0 heterocycles. The molecule has 0 aliphatic carbocycles. The highest BCUT2D eigenvalue weighted by atomic mass is 127. The van der Waals surface area contributed by atoms with Crippen LogP contribution in [0.25, 0.3) is 0 Å². The molecule has 0 amide bonds. The second kappa shape index (κ2) is 7.63. The van der Waals surface area contributed by atoms with Gasteiger partial charge in [-0.2, -0.15) is 0 Å². The molecule has 0 aromatic heterocycles. The summed E-state index contributed by atoms with van der Waals surface area (Å²) in [5.41, 5.74) is 0. The summed E-state index contributed by atoms with van der Waals surface area (Å²) in [4.78, 5) is 22.0. The summed E-state index contributed by atoms with van der Waals surface area (Å²) in [6.45, 7) is 3.53. The van der Waals surface area contributed by atoms with Crippen molar-refractivity contribution in [3.05, 3.63) is 0 Å². The zero-order valence-electron chi connectivity index (χ0n) is 7.66. The van der Waals surface area contributed by atoms with Gasteiger partial charge in [-0.1, -0.05) is 0 Å². The van der Waals surface area contributed by atoms with Crippen LogP contribution in [0.4, 0.5) is 0 Å². The lowest BCUT2D eigenvalue weighted by atomic mass is 10.2. The van der Waals surface area contributed by atoms with Crippen LogP contribution in [0.5, 0.6) is 0 Å². The van der Waals surface area contributed by atoms with E-state index in [-0.39, 0.29) is 12.5 Å². The van der Waals surface area contributed by atoms with Gasteiger partial charge in [0.15, 0.2) is 52.1 Å². The highest BCUT2D eigenvalue weighted by Gasteiger charge is 2.25. The maximum atomic E-state index is 11.1. The molecule has 0 fully saturated rings. The smallest absolute Gasteiger partial charge is 0.345 e. The molecule has 0 aromatic carbocycles. The normalized spacial score (nSPS) is 12.4. The number of hydrogen-bond donors (Lipinski definition) is 0. The van der Waals surface area contributed by atoms with Crippen LogP contribution in [0.3, 0.4) is 0 Å². The van der Waals surface area contributed by atoms with Crippen molar-refractivity contribution in [2.75, 3.05) is 0 Å². The molecule has 0 bridgehead atoms. The molecule has 0 saturated carbocycles. The molecule has 0 saturated heterocycles. The minimum Gasteiger partial charge on any atom is -0.394 e. The molecule has 1 unspecified atom stereocenters. The summed E-state index contributed by atoms with van der Waals surface area (Å²) in [5.74, 6) is -1.10. The Kier molecular flexibility index (Phi) is 7.82. The Balaban J connectivity index is 4.24. The molecule has 82 valence electrons. The van der Waals surface area contributed by atoms with Crippen LogP contribution in [0.15, 0.2) is 0 Å². The van der Waals surface area contributed by atoms with Crippen LogP contribution < -0.4 is 0 Å².